The molecule has 1 aromatic rings. The molecule has 1 aliphatic rings. The Labute approximate surface area is 116 Å². The van der Waals surface area contributed by atoms with Crippen molar-refractivity contribution >= 4 is 21.7 Å². The third-order valence-corrected chi connectivity index (χ3v) is 4.06. The van der Waals surface area contributed by atoms with Crippen LogP contribution in [0.1, 0.15) is 12.5 Å². The van der Waals surface area contributed by atoms with Crippen LogP contribution in [0.25, 0.3) is 0 Å². The second-order valence-electron chi connectivity index (χ2n) is 4.54. The summed E-state index contributed by atoms with van der Waals surface area (Å²) in [6.07, 6.45) is 0.470. The van der Waals surface area contributed by atoms with E-state index in [0.717, 1.165) is 16.6 Å². The van der Waals surface area contributed by atoms with Crippen molar-refractivity contribution in [1.82, 2.24) is 5.32 Å². The number of rotatable bonds is 5. The molecule has 1 aromatic carbocycles. The van der Waals surface area contributed by atoms with E-state index in [1.807, 2.05) is 31.2 Å². The first-order chi connectivity index (χ1) is 8.72. The minimum Gasteiger partial charge on any atom is -0.379 e. The summed E-state index contributed by atoms with van der Waals surface area (Å²) < 4.78 is 6.41. The third-order valence-electron chi connectivity index (χ3n) is 3.28. The Balaban J connectivity index is 2.01. The number of hydrogen-bond acceptors (Lipinski definition) is 3. The number of hydrogen-bond donors (Lipinski definition) is 1. The van der Waals surface area contributed by atoms with Crippen molar-refractivity contribution in [3.8, 4) is 0 Å². The highest BCUT2D eigenvalue weighted by molar-refractivity contribution is 9.10. The van der Waals surface area contributed by atoms with Gasteiger partial charge in [-0.25, -0.2) is 0 Å². The molecular formula is C14H18BrNO2. The van der Waals surface area contributed by atoms with E-state index in [-0.39, 0.29) is 17.7 Å². The predicted molar refractivity (Wildman–Crippen MR) is 74.6 cm³/mol. The molecule has 1 aliphatic heterocycles. The summed E-state index contributed by atoms with van der Waals surface area (Å²) >= 11 is 3.48. The van der Waals surface area contributed by atoms with Crippen LogP contribution in [0, 0.1) is 5.92 Å². The van der Waals surface area contributed by atoms with Gasteiger partial charge in [-0.3, -0.25) is 4.79 Å². The average molecular weight is 312 g/mol. The van der Waals surface area contributed by atoms with Crippen molar-refractivity contribution in [3.63, 3.8) is 0 Å². The van der Waals surface area contributed by atoms with Gasteiger partial charge >= 0.3 is 0 Å². The van der Waals surface area contributed by atoms with Gasteiger partial charge in [0.05, 0.1) is 19.1 Å². The Kier molecular flexibility index (Phi) is 4.92. The van der Waals surface area contributed by atoms with Crippen molar-refractivity contribution in [2.45, 2.75) is 19.4 Å². The number of carbonyl (C=O) groups excluding carboxylic acids is 1. The van der Waals surface area contributed by atoms with Gasteiger partial charge in [-0.1, -0.05) is 41.1 Å². The molecule has 4 heteroatoms. The maximum atomic E-state index is 12.3. The number of Topliss-reactive ketones (excluding diaryl/α,β-unsaturated/α-hetero) is 1. The van der Waals surface area contributed by atoms with Gasteiger partial charge in [0.15, 0.2) is 0 Å². The molecule has 1 N–H and O–H groups in total. The number of halogens is 1. The summed E-state index contributed by atoms with van der Waals surface area (Å²) in [6, 6.07) is 8.04. The van der Waals surface area contributed by atoms with Crippen LogP contribution in [0.4, 0.5) is 0 Å². The lowest BCUT2D eigenvalue weighted by atomic mass is 9.94. The molecule has 0 bridgehead atoms. The minimum atomic E-state index is -0.0166. The highest BCUT2D eigenvalue weighted by Gasteiger charge is 2.33. The molecule has 0 saturated carbocycles. The van der Waals surface area contributed by atoms with Crippen LogP contribution in [-0.2, 0) is 16.0 Å². The fourth-order valence-electron chi connectivity index (χ4n) is 2.30. The van der Waals surface area contributed by atoms with E-state index in [0.29, 0.717) is 19.6 Å². The highest BCUT2D eigenvalue weighted by atomic mass is 79.9. The second-order valence-corrected chi connectivity index (χ2v) is 5.40. The summed E-state index contributed by atoms with van der Waals surface area (Å²) in [4.78, 5) is 12.3. The molecule has 0 aliphatic carbocycles. The lowest BCUT2D eigenvalue weighted by Crippen LogP contribution is -2.39. The van der Waals surface area contributed by atoms with Gasteiger partial charge in [-0.15, -0.1) is 0 Å². The highest BCUT2D eigenvalue weighted by Crippen LogP contribution is 2.21. The number of nitrogens with one attached hydrogen (secondary N) is 1. The Hall–Kier alpha value is -0.710. The third kappa shape index (κ3) is 3.19. The lowest BCUT2D eigenvalue weighted by molar-refractivity contribution is -0.122. The molecule has 0 aromatic heterocycles. The topological polar surface area (TPSA) is 38.3 Å². The lowest BCUT2D eigenvalue weighted by Gasteiger charge is -2.17. The fraction of sp³-hybridized carbons (Fsp3) is 0.500. The Morgan fingerprint density at radius 3 is 2.94 bits per heavy atom. The molecular weight excluding hydrogens is 294 g/mol. The van der Waals surface area contributed by atoms with Crippen LogP contribution in [0.15, 0.2) is 28.7 Å². The molecule has 1 saturated heterocycles. The van der Waals surface area contributed by atoms with E-state index in [9.17, 15) is 4.79 Å². The molecule has 0 amide bonds. The van der Waals surface area contributed by atoms with Gasteiger partial charge in [0, 0.05) is 16.9 Å². The van der Waals surface area contributed by atoms with E-state index in [4.69, 9.17) is 4.74 Å². The molecule has 18 heavy (non-hydrogen) atoms. The summed E-state index contributed by atoms with van der Waals surface area (Å²) in [5, 5.41) is 3.32. The largest absolute Gasteiger partial charge is 0.379 e. The molecule has 0 radical (unpaired) electrons. The van der Waals surface area contributed by atoms with Gasteiger partial charge in [0.25, 0.3) is 0 Å². The molecule has 2 atom stereocenters. The van der Waals surface area contributed by atoms with Gasteiger partial charge in [-0.05, 0) is 18.2 Å². The van der Waals surface area contributed by atoms with Crippen molar-refractivity contribution in [2.75, 3.05) is 19.8 Å². The van der Waals surface area contributed by atoms with Gasteiger partial charge in [0.2, 0.25) is 0 Å². The van der Waals surface area contributed by atoms with E-state index in [1.54, 1.807) is 0 Å². The van der Waals surface area contributed by atoms with Crippen LogP contribution < -0.4 is 5.32 Å². The molecule has 1 heterocycles. The SMILES string of the molecule is CCNC1COCC1C(=O)Cc1ccccc1Br. The smallest absolute Gasteiger partial charge is 0.144 e. The summed E-state index contributed by atoms with van der Waals surface area (Å²) in [7, 11) is 0. The summed E-state index contributed by atoms with van der Waals surface area (Å²) in [5.74, 6) is 0.238. The van der Waals surface area contributed by atoms with Crippen LogP contribution in [0.2, 0.25) is 0 Å². The summed E-state index contributed by atoms with van der Waals surface area (Å²) in [5.41, 5.74) is 1.05. The van der Waals surface area contributed by atoms with E-state index in [2.05, 4.69) is 21.2 Å². The quantitative estimate of drug-likeness (QED) is 0.906. The molecule has 98 valence electrons. The maximum absolute atomic E-state index is 12.3. The molecule has 2 rings (SSSR count). The first kappa shape index (κ1) is 13.7. The molecule has 0 spiro atoms. The van der Waals surface area contributed by atoms with Gasteiger partial charge in [-0.2, -0.15) is 0 Å². The van der Waals surface area contributed by atoms with E-state index >= 15 is 0 Å². The van der Waals surface area contributed by atoms with Crippen LogP contribution >= 0.6 is 15.9 Å². The van der Waals surface area contributed by atoms with E-state index in [1.165, 1.54) is 0 Å². The van der Waals surface area contributed by atoms with Crippen molar-refractivity contribution in [2.24, 2.45) is 5.92 Å². The molecule has 2 unspecified atom stereocenters. The average Bonchev–Trinajstić information content (AvgIpc) is 2.81. The zero-order chi connectivity index (χ0) is 13.0. The van der Waals surface area contributed by atoms with Crippen molar-refractivity contribution in [1.29, 1.82) is 0 Å². The maximum Gasteiger partial charge on any atom is 0.144 e. The van der Waals surface area contributed by atoms with Crippen LogP contribution in [-0.4, -0.2) is 31.6 Å². The number of ether oxygens (including phenoxy) is 1. The molecule has 1 fully saturated rings. The standard InChI is InChI=1S/C14H18BrNO2/c1-2-16-13-9-18-8-11(13)14(17)7-10-5-3-4-6-12(10)15/h3-6,11,13,16H,2,7-9H2,1H3. The zero-order valence-electron chi connectivity index (χ0n) is 10.5. The number of benzene rings is 1. The molecule has 3 nitrogen and oxygen atoms in total. The minimum absolute atomic E-state index is 0.0166. The Morgan fingerprint density at radius 1 is 1.44 bits per heavy atom. The van der Waals surface area contributed by atoms with Gasteiger partial charge < -0.3 is 10.1 Å². The van der Waals surface area contributed by atoms with Crippen molar-refractivity contribution in [3.05, 3.63) is 34.3 Å². The monoisotopic (exact) mass is 311 g/mol. The number of carbonyl (C=O) groups is 1. The predicted octanol–water partition coefficient (Wildman–Crippen LogP) is 2.19. The normalized spacial score (nSPS) is 23.2. The Morgan fingerprint density at radius 2 is 2.22 bits per heavy atom. The van der Waals surface area contributed by atoms with Crippen molar-refractivity contribution < 1.29 is 9.53 Å². The summed E-state index contributed by atoms with van der Waals surface area (Å²) in [6.45, 7) is 4.10. The number of ketones is 1. The fourth-order valence-corrected chi connectivity index (χ4v) is 2.72. The second kappa shape index (κ2) is 6.45. The van der Waals surface area contributed by atoms with Gasteiger partial charge in [0.1, 0.15) is 5.78 Å². The first-order valence-electron chi connectivity index (χ1n) is 6.29. The van der Waals surface area contributed by atoms with Crippen LogP contribution in [0.3, 0.4) is 0 Å². The first-order valence-corrected chi connectivity index (χ1v) is 7.09. The zero-order valence-corrected chi connectivity index (χ0v) is 12.1. The van der Waals surface area contributed by atoms with E-state index < -0.39 is 0 Å². The Bertz CT molecular complexity index is 422. The number of likely N-dealkylation sites (N-methyl/N-ethyl adjacent to an activating group) is 1. The van der Waals surface area contributed by atoms with Crippen LogP contribution in [0.5, 0.6) is 0 Å².